The van der Waals surface area contributed by atoms with Gasteiger partial charge in [-0.05, 0) is 42.5 Å². The van der Waals surface area contributed by atoms with Crippen LogP contribution in [0.1, 0.15) is 15.9 Å². The highest BCUT2D eigenvalue weighted by Crippen LogP contribution is 2.24. The number of carbonyl (C=O) groups excluding carboxylic acids is 1. The number of carboxylic acids is 1. The van der Waals surface area contributed by atoms with Crippen LogP contribution in [0.2, 0.25) is 0 Å². The quantitative estimate of drug-likeness (QED) is 0.818. The molecule has 21 heavy (non-hydrogen) atoms. The summed E-state index contributed by atoms with van der Waals surface area (Å²) in [4.78, 5) is 25.6. The van der Waals surface area contributed by atoms with Gasteiger partial charge in [0.1, 0.15) is 5.75 Å². The topological polar surface area (TPSA) is 103 Å². The molecule has 1 aromatic carbocycles. The summed E-state index contributed by atoms with van der Waals surface area (Å²) in [6.45, 7) is 0. The first-order valence-electron chi connectivity index (χ1n) is 6.00. The second-order valence-corrected chi connectivity index (χ2v) is 4.06. The molecule has 6 heteroatoms. The first-order chi connectivity index (χ1) is 10.1. The Hall–Kier alpha value is -3.15. The number of nitrogens with zero attached hydrogens (tertiary/aromatic N) is 1. The van der Waals surface area contributed by atoms with Gasteiger partial charge < -0.3 is 15.6 Å². The van der Waals surface area contributed by atoms with Crippen molar-refractivity contribution in [3.05, 3.63) is 59.8 Å². The van der Waals surface area contributed by atoms with Crippen molar-refractivity contribution < 1.29 is 19.4 Å². The Kier molecular flexibility index (Phi) is 4.30. The summed E-state index contributed by atoms with van der Waals surface area (Å²) < 4.78 is 5.57. The molecule has 0 fully saturated rings. The molecular weight excluding hydrogens is 272 g/mol. The van der Waals surface area contributed by atoms with Crippen LogP contribution in [0.25, 0.3) is 6.08 Å². The lowest BCUT2D eigenvalue weighted by molar-refractivity contribution is -0.131. The van der Waals surface area contributed by atoms with E-state index in [1.54, 1.807) is 24.3 Å². The van der Waals surface area contributed by atoms with Gasteiger partial charge in [0.15, 0.2) is 0 Å². The molecular formula is C15H12N2O4. The number of ether oxygens (including phenoxy) is 1. The molecule has 1 heterocycles. The van der Waals surface area contributed by atoms with E-state index in [9.17, 15) is 9.59 Å². The molecule has 2 aromatic rings. The third-order valence-corrected chi connectivity index (χ3v) is 2.56. The van der Waals surface area contributed by atoms with Crippen molar-refractivity contribution in [3.63, 3.8) is 0 Å². The normalized spacial score (nSPS) is 10.5. The van der Waals surface area contributed by atoms with Gasteiger partial charge >= 0.3 is 5.97 Å². The van der Waals surface area contributed by atoms with Crippen molar-refractivity contribution >= 4 is 18.0 Å². The van der Waals surface area contributed by atoms with Crippen LogP contribution in [0.3, 0.4) is 0 Å². The summed E-state index contributed by atoms with van der Waals surface area (Å²) in [6, 6.07) is 9.59. The molecule has 0 aliphatic carbocycles. The Morgan fingerprint density at radius 1 is 1.19 bits per heavy atom. The van der Waals surface area contributed by atoms with E-state index >= 15 is 0 Å². The average molecular weight is 284 g/mol. The number of carbonyl (C=O) groups is 2. The van der Waals surface area contributed by atoms with Gasteiger partial charge in [0.25, 0.3) is 0 Å². The summed E-state index contributed by atoms with van der Waals surface area (Å²) in [5.41, 5.74) is 6.05. The van der Waals surface area contributed by atoms with Crippen molar-refractivity contribution in [2.75, 3.05) is 0 Å². The average Bonchev–Trinajstić information content (AvgIpc) is 2.47. The summed E-state index contributed by atoms with van der Waals surface area (Å²) in [6.07, 6.45) is 3.92. The summed E-state index contributed by atoms with van der Waals surface area (Å²) >= 11 is 0. The van der Waals surface area contributed by atoms with E-state index in [1.807, 2.05) is 0 Å². The Morgan fingerprint density at radius 2 is 1.90 bits per heavy atom. The van der Waals surface area contributed by atoms with Crippen molar-refractivity contribution in [2.24, 2.45) is 5.73 Å². The molecule has 106 valence electrons. The Labute approximate surface area is 120 Å². The number of aromatic nitrogens is 1. The highest BCUT2D eigenvalue weighted by Gasteiger charge is 2.05. The number of benzene rings is 1. The Bertz CT molecular complexity index is 693. The lowest BCUT2D eigenvalue weighted by atomic mass is 10.2. The van der Waals surface area contributed by atoms with Gasteiger partial charge in [-0.1, -0.05) is 0 Å². The fourth-order valence-electron chi connectivity index (χ4n) is 1.58. The van der Waals surface area contributed by atoms with Gasteiger partial charge in [-0.15, -0.1) is 0 Å². The van der Waals surface area contributed by atoms with Crippen molar-refractivity contribution in [1.29, 1.82) is 0 Å². The second kappa shape index (κ2) is 6.33. The minimum Gasteiger partial charge on any atom is -0.478 e. The molecule has 6 nitrogen and oxygen atoms in total. The summed E-state index contributed by atoms with van der Waals surface area (Å²) in [7, 11) is 0. The zero-order valence-electron chi connectivity index (χ0n) is 10.9. The molecule has 0 aliphatic heterocycles. The van der Waals surface area contributed by atoms with Gasteiger partial charge in [-0.3, -0.25) is 4.79 Å². The highest BCUT2D eigenvalue weighted by molar-refractivity contribution is 5.92. The first kappa shape index (κ1) is 14.3. The molecule has 0 spiro atoms. The predicted octanol–water partition coefficient (Wildman–Crippen LogP) is 2.07. The molecule has 0 saturated heterocycles. The third kappa shape index (κ3) is 3.90. The second-order valence-electron chi connectivity index (χ2n) is 4.06. The number of rotatable bonds is 5. The van der Waals surface area contributed by atoms with Crippen LogP contribution in [-0.2, 0) is 4.79 Å². The van der Waals surface area contributed by atoms with Gasteiger partial charge in [0.2, 0.25) is 11.8 Å². The number of amides is 1. The molecule has 0 aliphatic rings. The lowest BCUT2D eigenvalue weighted by Crippen LogP contribution is -2.10. The molecule has 1 aromatic heterocycles. The zero-order valence-corrected chi connectivity index (χ0v) is 10.9. The van der Waals surface area contributed by atoms with Crippen LogP contribution in [0, 0.1) is 0 Å². The van der Waals surface area contributed by atoms with E-state index < -0.39 is 11.9 Å². The number of primary amides is 1. The minimum atomic E-state index is -1.06. The number of pyridine rings is 1. The SMILES string of the molecule is NC(=O)c1ccc(Oc2ncccc2/C=C/C(=O)O)cc1. The Balaban J connectivity index is 2.23. The molecule has 0 bridgehead atoms. The maximum absolute atomic E-state index is 11.0. The van der Waals surface area contributed by atoms with Gasteiger partial charge in [0, 0.05) is 23.4 Å². The van der Waals surface area contributed by atoms with Crippen LogP contribution in [0.5, 0.6) is 11.6 Å². The van der Waals surface area contributed by atoms with E-state index in [2.05, 4.69) is 4.98 Å². The van der Waals surface area contributed by atoms with Crippen LogP contribution in [0.4, 0.5) is 0 Å². The molecule has 2 rings (SSSR count). The smallest absolute Gasteiger partial charge is 0.328 e. The zero-order chi connectivity index (χ0) is 15.2. The number of aliphatic carboxylic acids is 1. The molecule has 3 N–H and O–H groups in total. The van der Waals surface area contributed by atoms with Crippen molar-refractivity contribution in [3.8, 4) is 11.6 Å². The Morgan fingerprint density at radius 3 is 2.52 bits per heavy atom. The van der Waals surface area contributed by atoms with Crippen LogP contribution >= 0.6 is 0 Å². The summed E-state index contributed by atoms with van der Waals surface area (Å²) in [5.74, 6) is -0.856. The van der Waals surface area contributed by atoms with E-state index in [0.29, 0.717) is 16.9 Å². The molecule has 0 saturated carbocycles. The van der Waals surface area contributed by atoms with Crippen molar-refractivity contribution in [2.45, 2.75) is 0 Å². The summed E-state index contributed by atoms with van der Waals surface area (Å²) in [5, 5.41) is 8.65. The minimum absolute atomic E-state index is 0.266. The number of hydrogen-bond donors (Lipinski definition) is 2. The first-order valence-corrected chi connectivity index (χ1v) is 6.00. The van der Waals surface area contributed by atoms with Crippen LogP contribution in [-0.4, -0.2) is 22.0 Å². The standard InChI is InChI=1S/C15H12N2O4/c16-14(20)10-3-6-12(7-4-10)21-15-11(2-1-9-17-15)5-8-13(18)19/h1-9H,(H2,16,20)(H,18,19)/b8-5+. The fraction of sp³-hybridized carbons (Fsp3) is 0. The van der Waals surface area contributed by atoms with E-state index in [-0.39, 0.29) is 5.88 Å². The van der Waals surface area contributed by atoms with Gasteiger partial charge in [0.05, 0.1) is 0 Å². The predicted molar refractivity (Wildman–Crippen MR) is 75.9 cm³/mol. The number of carboxylic acid groups (broad SMARTS) is 1. The number of nitrogens with two attached hydrogens (primary N) is 1. The van der Waals surface area contributed by atoms with E-state index in [0.717, 1.165) is 6.08 Å². The van der Waals surface area contributed by atoms with E-state index in [1.165, 1.54) is 24.4 Å². The van der Waals surface area contributed by atoms with Crippen LogP contribution in [0.15, 0.2) is 48.7 Å². The van der Waals surface area contributed by atoms with Crippen LogP contribution < -0.4 is 10.5 Å². The van der Waals surface area contributed by atoms with Crippen molar-refractivity contribution in [1.82, 2.24) is 4.98 Å². The molecule has 1 amide bonds. The fourth-order valence-corrected chi connectivity index (χ4v) is 1.58. The van der Waals surface area contributed by atoms with E-state index in [4.69, 9.17) is 15.6 Å². The highest BCUT2D eigenvalue weighted by atomic mass is 16.5. The largest absolute Gasteiger partial charge is 0.478 e. The third-order valence-electron chi connectivity index (χ3n) is 2.56. The molecule has 0 unspecified atom stereocenters. The molecule has 0 radical (unpaired) electrons. The maximum Gasteiger partial charge on any atom is 0.328 e. The monoisotopic (exact) mass is 284 g/mol. The lowest BCUT2D eigenvalue weighted by Gasteiger charge is -2.07. The number of hydrogen-bond acceptors (Lipinski definition) is 4. The molecule has 0 atom stereocenters. The van der Waals surface area contributed by atoms with Gasteiger partial charge in [-0.25, -0.2) is 9.78 Å². The van der Waals surface area contributed by atoms with Gasteiger partial charge in [-0.2, -0.15) is 0 Å². The maximum atomic E-state index is 11.0.